The Morgan fingerprint density at radius 2 is 1.73 bits per heavy atom. The van der Waals surface area contributed by atoms with E-state index in [4.69, 9.17) is 14.2 Å². The smallest absolute Gasteiger partial charge is 0.321 e. The number of urea groups is 1. The van der Waals surface area contributed by atoms with Crippen LogP contribution in [0.4, 0.5) is 16.2 Å². The number of amides is 4. The number of aliphatic hydroxyl groups excluding tert-OH is 1. The highest BCUT2D eigenvalue weighted by Gasteiger charge is 2.31. The standard InChI is InChI=1S/C38H50N4O7/c1-26-23-42(27(2)25-43)37(45)33-22-31(39-36(44)21-29-12-7-6-8-13-29)16-19-34(33)49-28(3)11-9-10-20-48-35(26)24-41(4)38(46)40-30-14-17-32(47-5)18-15-30/h6-8,12-19,22,26-28,35,43H,9-11,20-21,23-25H2,1-5H3,(H,39,44)(H,40,46)/t26-,27-,28-,35+/m0/s1. The number of benzene rings is 3. The molecule has 3 N–H and O–H groups in total. The molecule has 0 aliphatic carbocycles. The molecule has 0 spiro atoms. The lowest BCUT2D eigenvalue weighted by Crippen LogP contribution is -2.48. The summed E-state index contributed by atoms with van der Waals surface area (Å²) >= 11 is 0. The number of carbonyl (C=O) groups excluding carboxylic acids is 3. The van der Waals surface area contributed by atoms with Crippen LogP contribution in [0.2, 0.25) is 0 Å². The number of likely N-dealkylation sites (N-methyl/N-ethyl adjacent to an activating group) is 1. The van der Waals surface area contributed by atoms with Gasteiger partial charge in [-0.15, -0.1) is 0 Å². The highest BCUT2D eigenvalue weighted by Crippen LogP contribution is 2.29. The maximum atomic E-state index is 14.4. The summed E-state index contributed by atoms with van der Waals surface area (Å²) in [4.78, 5) is 43.6. The summed E-state index contributed by atoms with van der Waals surface area (Å²) in [6, 6.07) is 20.8. The third-order valence-electron chi connectivity index (χ3n) is 8.68. The van der Waals surface area contributed by atoms with Crippen LogP contribution in [-0.2, 0) is 16.0 Å². The largest absolute Gasteiger partial charge is 0.497 e. The first kappa shape index (κ1) is 37.2. The van der Waals surface area contributed by atoms with E-state index in [2.05, 4.69) is 10.6 Å². The number of fused-ring (bicyclic) bond motifs is 1. The molecule has 264 valence electrons. The van der Waals surface area contributed by atoms with Crippen molar-refractivity contribution in [1.82, 2.24) is 9.80 Å². The Bertz CT molecular complexity index is 1520. The zero-order valence-electron chi connectivity index (χ0n) is 29.2. The van der Waals surface area contributed by atoms with Gasteiger partial charge in [0.05, 0.1) is 44.0 Å². The van der Waals surface area contributed by atoms with E-state index in [0.717, 1.165) is 24.8 Å². The molecule has 0 fully saturated rings. The fourth-order valence-electron chi connectivity index (χ4n) is 5.70. The number of hydrogen-bond donors (Lipinski definition) is 3. The van der Waals surface area contributed by atoms with Crippen LogP contribution in [0.1, 0.15) is 56.0 Å². The second kappa shape index (κ2) is 18.2. The molecular formula is C38H50N4O7. The fourth-order valence-corrected chi connectivity index (χ4v) is 5.70. The highest BCUT2D eigenvalue weighted by molar-refractivity contribution is 6.00. The van der Waals surface area contributed by atoms with E-state index in [-0.39, 0.29) is 56.0 Å². The van der Waals surface area contributed by atoms with Crippen LogP contribution in [0.15, 0.2) is 72.8 Å². The molecule has 3 aromatic rings. The molecule has 3 aromatic carbocycles. The van der Waals surface area contributed by atoms with E-state index >= 15 is 0 Å². The van der Waals surface area contributed by atoms with Crippen molar-refractivity contribution < 1.29 is 33.7 Å². The maximum Gasteiger partial charge on any atom is 0.321 e. The van der Waals surface area contributed by atoms with Crippen LogP contribution >= 0.6 is 0 Å². The van der Waals surface area contributed by atoms with Crippen LogP contribution in [0.3, 0.4) is 0 Å². The minimum atomic E-state index is -0.527. The number of hydrogen-bond acceptors (Lipinski definition) is 7. The summed E-state index contributed by atoms with van der Waals surface area (Å²) in [5.74, 6) is 0.353. The number of anilines is 2. The number of carbonyl (C=O) groups is 3. The first-order valence-corrected chi connectivity index (χ1v) is 16.9. The Labute approximate surface area is 289 Å². The molecule has 0 aromatic heterocycles. The van der Waals surface area contributed by atoms with Gasteiger partial charge in [0.25, 0.3) is 5.91 Å². The van der Waals surface area contributed by atoms with Gasteiger partial charge in [0.15, 0.2) is 0 Å². The van der Waals surface area contributed by atoms with Crippen molar-refractivity contribution in [3.05, 3.63) is 83.9 Å². The van der Waals surface area contributed by atoms with Crippen molar-refractivity contribution >= 4 is 29.2 Å². The van der Waals surface area contributed by atoms with Crippen LogP contribution < -0.4 is 20.1 Å². The lowest BCUT2D eigenvalue weighted by Gasteiger charge is -2.35. The van der Waals surface area contributed by atoms with Gasteiger partial charge in [-0.3, -0.25) is 9.59 Å². The molecule has 11 nitrogen and oxygen atoms in total. The van der Waals surface area contributed by atoms with Crippen molar-refractivity contribution in [3.63, 3.8) is 0 Å². The molecule has 1 heterocycles. The maximum absolute atomic E-state index is 14.4. The van der Waals surface area contributed by atoms with Crippen LogP contribution in [-0.4, -0.2) is 91.5 Å². The number of nitrogens with one attached hydrogen (secondary N) is 2. The van der Waals surface area contributed by atoms with Gasteiger partial charge in [0.2, 0.25) is 5.91 Å². The summed E-state index contributed by atoms with van der Waals surface area (Å²) in [6.07, 6.45) is 2.01. The monoisotopic (exact) mass is 674 g/mol. The molecule has 0 saturated heterocycles. The molecule has 4 rings (SSSR count). The SMILES string of the molecule is COc1ccc(NC(=O)N(C)C[C@H]2OCCCC[C@H](C)Oc3ccc(NC(=O)Cc4ccccc4)cc3C(=O)N([C@@H](C)CO)C[C@@H]2C)cc1. The quantitative estimate of drug-likeness (QED) is 0.260. The minimum Gasteiger partial charge on any atom is -0.497 e. The van der Waals surface area contributed by atoms with Crippen LogP contribution in [0.25, 0.3) is 0 Å². The summed E-state index contributed by atoms with van der Waals surface area (Å²) in [6.45, 7) is 6.50. The first-order valence-electron chi connectivity index (χ1n) is 16.9. The van der Waals surface area contributed by atoms with Gasteiger partial charge in [0, 0.05) is 44.0 Å². The molecule has 1 aliphatic heterocycles. The highest BCUT2D eigenvalue weighted by atomic mass is 16.5. The number of methoxy groups -OCH3 is 1. The van der Waals surface area contributed by atoms with Gasteiger partial charge in [-0.1, -0.05) is 37.3 Å². The van der Waals surface area contributed by atoms with Crippen molar-refractivity contribution in [2.75, 3.05) is 51.1 Å². The Morgan fingerprint density at radius 1 is 1.02 bits per heavy atom. The third kappa shape index (κ3) is 11.0. The topological polar surface area (TPSA) is 130 Å². The first-order chi connectivity index (χ1) is 23.6. The molecule has 0 radical (unpaired) electrons. The average molecular weight is 675 g/mol. The fraction of sp³-hybridized carbons (Fsp3) is 0.447. The second-order valence-electron chi connectivity index (χ2n) is 12.8. The van der Waals surface area contributed by atoms with Crippen LogP contribution in [0, 0.1) is 5.92 Å². The lowest BCUT2D eigenvalue weighted by molar-refractivity contribution is -0.115. The molecule has 0 bridgehead atoms. The minimum absolute atomic E-state index is 0.181. The van der Waals surface area contributed by atoms with Crippen LogP contribution in [0.5, 0.6) is 11.5 Å². The van der Waals surface area contributed by atoms with Gasteiger partial charge in [-0.2, -0.15) is 0 Å². The van der Waals surface area contributed by atoms with Gasteiger partial charge < -0.3 is 39.8 Å². The van der Waals surface area contributed by atoms with E-state index < -0.39 is 12.1 Å². The molecule has 4 amide bonds. The van der Waals surface area contributed by atoms with E-state index in [1.54, 1.807) is 73.3 Å². The number of aliphatic hydroxyl groups is 1. The molecule has 0 unspecified atom stereocenters. The number of nitrogens with zero attached hydrogens (tertiary/aromatic N) is 2. The third-order valence-corrected chi connectivity index (χ3v) is 8.68. The zero-order chi connectivity index (χ0) is 35.3. The summed E-state index contributed by atoms with van der Waals surface area (Å²) in [7, 11) is 3.30. The average Bonchev–Trinajstić information content (AvgIpc) is 3.10. The van der Waals surface area contributed by atoms with Crippen molar-refractivity contribution in [2.24, 2.45) is 5.92 Å². The van der Waals surface area contributed by atoms with E-state index in [0.29, 0.717) is 35.0 Å². The molecule has 1 aliphatic rings. The molecule has 49 heavy (non-hydrogen) atoms. The summed E-state index contributed by atoms with van der Waals surface area (Å²) in [5.41, 5.74) is 2.28. The van der Waals surface area contributed by atoms with E-state index in [1.165, 1.54) is 0 Å². The van der Waals surface area contributed by atoms with Gasteiger partial charge in [-0.05, 0) is 81.1 Å². The van der Waals surface area contributed by atoms with Crippen molar-refractivity contribution in [1.29, 1.82) is 0 Å². The predicted molar refractivity (Wildman–Crippen MR) is 190 cm³/mol. The van der Waals surface area contributed by atoms with E-state index in [1.807, 2.05) is 44.2 Å². The Hall–Kier alpha value is -4.61. The number of ether oxygens (including phenoxy) is 3. The van der Waals surface area contributed by atoms with Crippen molar-refractivity contribution in [3.8, 4) is 11.5 Å². The zero-order valence-corrected chi connectivity index (χ0v) is 29.2. The molecule has 4 atom stereocenters. The van der Waals surface area contributed by atoms with E-state index in [9.17, 15) is 19.5 Å². The predicted octanol–water partition coefficient (Wildman–Crippen LogP) is 5.84. The summed E-state index contributed by atoms with van der Waals surface area (Å²) in [5, 5.41) is 16.1. The summed E-state index contributed by atoms with van der Waals surface area (Å²) < 4.78 is 17.9. The number of rotatable bonds is 9. The second-order valence-corrected chi connectivity index (χ2v) is 12.8. The van der Waals surface area contributed by atoms with Crippen molar-refractivity contribution in [2.45, 2.75) is 64.7 Å². The Kier molecular flexibility index (Phi) is 13.8. The van der Waals surface area contributed by atoms with Gasteiger partial charge >= 0.3 is 6.03 Å². The van der Waals surface area contributed by atoms with Gasteiger partial charge in [-0.25, -0.2) is 4.79 Å². The van der Waals surface area contributed by atoms with Gasteiger partial charge in [0.1, 0.15) is 11.5 Å². The molecule has 0 saturated carbocycles. The Morgan fingerprint density at radius 3 is 2.43 bits per heavy atom. The normalized spacial score (nSPS) is 19.4. The molecule has 11 heteroatoms. The molecular weight excluding hydrogens is 624 g/mol. The Balaban J connectivity index is 1.56. The lowest BCUT2D eigenvalue weighted by atomic mass is 10.0.